The zero-order valence-electron chi connectivity index (χ0n) is 15.4. The highest BCUT2D eigenvalue weighted by molar-refractivity contribution is 5.90. The molecular formula is C21H21N3O3. The van der Waals surface area contributed by atoms with Crippen LogP contribution in [0.2, 0.25) is 0 Å². The van der Waals surface area contributed by atoms with Gasteiger partial charge in [0.25, 0.3) is 0 Å². The topological polar surface area (TPSA) is 66.0 Å². The third-order valence-corrected chi connectivity index (χ3v) is 4.17. The summed E-state index contributed by atoms with van der Waals surface area (Å²) < 4.78 is 3.12. The van der Waals surface area contributed by atoms with Gasteiger partial charge in [0.15, 0.2) is 0 Å². The summed E-state index contributed by atoms with van der Waals surface area (Å²) in [5.41, 5.74) is -0.301. The normalized spacial score (nSPS) is 10.9. The van der Waals surface area contributed by atoms with Crippen molar-refractivity contribution in [2.45, 2.75) is 26.9 Å². The number of aromatic nitrogens is 3. The Labute approximate surface area is 155 Å². The summed E-state index contributed by atoms with van der Waals surface area (Å²) in [6.45, 7) is 11.1. The lowest BCUT2D eigenvalue weighted by Gasteiger charge is -2.15. The van der Waals surface area contributed by atoms with Gasteiger partial charge in [-0.15, -0.1) is 0 Å². The zero-order valence-corrected chi connectivity index (χ0v) is 15.4. The minimum Gasteiger partial charge on any atom is -0.247 e. The molecule has 0 aliphatic heterocycles. The largest absolute Gasteiger partial charge is 0.341 e. The van der Waals surface area contributed by atoms with E-state index in [1.807, 2.05) is 30.3 Å². The molecule has 0 bridgehead atoms. The number of fused-ring (bicyclic) bond motifs is 1. The van der Waals surface area contributed by atoms with Crippen molar-refractivity contribution in [3.63, 3.8) is 0 Å². The molecule has 0 saturated heterocycles. The van der Waals surface area contributed by atoms with Gasteiger partial charge in [-0.05, 0) is 25.3 Å². The van der Waals surface area contributed by atoms with Crippen LogP contribution in [-0.2, 0) is 13.1 Å². The fraction of sp³-hybridized carbons (Fsp3) is 0.190. The first-order valence-corrected chi connectivity index (χ1v) is 8.55. The van der Waals surface area contributed by atoms with E-state index >= 15 is 0 Å². The van der Waals surface area contributed by atoms with Gasteiger partial charge in [0.1, 0.15) is 0 Å². The molecule has 1 aromatic heterocycles. The fourth-order valence-electron chi connectivity index (χ4n) is 3.05. The van der Waals surface area contributed by atoms with Gasteiger partial charge in [-0.25, -0.2) is 28.1 Å². The van der Waals surface area contributed by atoms with Crippen molar-refractivity contribution >= 4 is 10.8 Å². The molecule has 0 aliphatic rings. The summed E-state index contributed by atoms with van der Waals surface area (Å²) in [6.07, 6.45) is 0. The predicted octanol–water partition coefficient (Wildman–Crippen LogP) is 2.47. The molecule has 6 nitrogen and oxygen atoms in total. The van der Waals surface area contributed by atoms with Crippen molar-refractivity contribution in [1.82, 2.24) is 13.7 Å². The third-order valence-electron chi connectivity index (χ3n) is 4.17. The van der Waals surface area contributed by atoms with E-state index in [0.717, 1.165) is 24.5 Å². The molecule has 0 fully saturated rings. The van der Waals surface area contributed by atoms with E-state index in [9.17, 15) is 14.4 Å². The number of nitrogens with zero attached hydrogens (tertiary/aromatic N) is 3. The molecule has 1 heterocycles. The number of benzene rings is 2. The first kappa shape index (κ1) is 18.4. The van der Waals surface area contributed by atoms with E-state index in [4.69, 9.17) is 0 Å². The van der Waals surface area contributed by atoms with Gasteiger partial charge >= 0.3 is 17.1 Å². The van der Waals surface area contributed by atoms with Crippen LogP contribution in [0.4, 0.5) is 0 Å². The van der Waals surface area contributed by atoms with Gasteiger partial charge in [0.05, 0.1) is 18.8 Å². The molecule has 0 spiro atoms. The van der Waals surface area contributed by atoms with E-state index in [2.05, 4.69) is 13.2 Å². The van der Waals surface area contributed by atoms with Gasteiger partial charge in [0, 0.05) is 5.39 Å². The van der Waals surface area contributed by atoms with Crippen LogP contribution in [0.5, 0.6) is 0 Å². The lowest BCUT2D eigenvalue weighted by Crippen LogP contribution is -2.54. The van der Waals surface area contributed by atoms with Crippen molar-refractivity contribution in [3.05, 3.63) is 98.2 Å². The highest BCUT2D eigenvalue weighted by atomic mass is 16.2. The number of hydrogen-bond donors (Lipinski definition) is 0. The van der Waals surface area contributed by atoms with Crippen molar-refractivity contribution in [2.24, 2.45) is 0 Å². The Hall–Kier alpha value is -3.41. The molecule has 2 aromatic carbocycles. The molecule has 0 atom stereocenters. The average Bonchev–Trinajstić information content (AvgIpc) is 2.62. The van der Waals surface area contributed by atoms with Crippen molar-refractivity contribution in [2.75, 3.05) is 0 Å². The molecule has 3 aromatic rings. The monoisotopic (exact) mass is 363 g/mol. The van der Waals surface area contributed by atoms with Crippen LogP contribution in [0.3, 0.4) is 0 Å². The van der Waals surface area contributed by atoms with Crippen LogP contribution in [-0.4, -0.2) is 13.7 Å². The Morgan fingerprint density at radius 3 is 1.85 bits per heavy atom. The fourth-order valence-corrected chi connectivity index (χ4v) is 3.05. The molecule has 0 saturated carbocycles. The summed E-state index contributed by atoms with van der Waals surface area (Å²) in [7, 11) is 0. The smallest absolute Gasteiger partial charge is 0.247 e. The van der Waals surface area contributed by atoms with Crippen LogP contribution >= 0.6 is 0 Å². The second kappa shape index (κ2) is 7.07. The summed E-state index contributed by atoms with van der Waals surface area (Å²) in [4.78, 5) is 38.9. The highest BCUT2D eigenvalue weighted by Crippen LogP contribution is 2.19. The highest BCUT2D eigenvalue weighted by Gasteiger charge is 2.18. The maximum Gasteiger partial charge on any atom is 0.341 e. The van der Waals surface area contributed by atoms with E-state index in [1.54, 1.807) is 26.0 Å². The molecule has 138 valence electrons. The number of rotatable bonds is 5. The molecule has 27 heavy (non-hydrogen) atoms. The van der Waals surface area contributed by atoms with Crippen LogP contribution in [0.15, 0.2) is 81.2 Å². The summed E-state index contributed by atoms with van der Waals surface area (Å²) >= 11 is 0. The van der Waals surface area contributed by atoms with Crippen LogP contribution in [0.1, 0.15) is 13.8 Å². The Morgan fingerprint density at radius 1 is 0.778 bits per heavy atom. The van der Waals surface area contributed by atoms with Crippen molar-refractivity contribution < 1.29 is 0 Å². The summed E-state index contributed by atoms with van der Waals surface area (Å²) in [5, 5.41) is 1.65. The first-order chi connectivity index (χ1) is 12.8. The van der Waals surface area contributed by atoms with Crippen LogP contribution in [0, 0.1) is 0 Å². The molecule has 0 unspecified atom stereocenters. The second-order valence-corrected chi connectivity index (χ2v) is 6.77. The van der Waals surface area contributed by atoms with Crippen molar-refractivity contribution in [1.29, 1.82) is 0 Å². The number of allylic oxidation sites excluding steroid dienone is 2. The quantitative estimate of drug-likeness (QED) is 0.654. The molecule has 0 aliphatic carbocycles. The van der Waals surface area contributed by atoms with Gasteiger partial charge in [-0.2, -0.15) is 0 Å². The standard InChI is InChI=1S/C21H21N3O3/c1-14(2)12-22-19(25)23(13-15(3)4)21(27)24(20(22)26)18-11-7-9-16-8-5-6-10-17(16)18/h5-11H,1,3,12-13H2,2,4H3. The lowest BCUT2D eigenvalue weighted by molar-refractivity contribution is 0.527. The maximum absolute atomic E-state index is 13.1. The van der Waals surface area contributed by atoms with Gasteiger partial charge in [-0.1, -0.05) is 60.7 Å². The van der Waals surface area contributed by atoms with Crippen LogP contribution in [0.25, 0.3) is 16.5 Å². The second-order valence-electron chi connectivity index (χ2n) is 6.77. The molecule has 6 heteroatoms. The van der Waals surface area contributed by atoms with Gasteiger partial charge < -0.3 is 0 Å². The third kappa shape index (κ3) is 3.33. The lowest BCUT2D eigenvalue weighted by atomic mass is 10.1. The average molecular weight is 363 g/mol. The SMILES string of the molecule is C=C(C)Cn1c(=O)n(CC(=C)C)c(=O)n(-c2cccc3ccccc23)c1=O. The Kier molecular flexibility index (Phi) is 4.81. The minimum absolute atomic E-state index is 0.0406. The Balaban J connectivity index is 2.47. The summed E-state index contributed by atoms with van der Waals surface area (Å²) in [5.74, 6) is 0. The predicted molar refractivity (Wildman–Crippen MR) is 108 cm³/mol. The number of hydrogen-bond acceptors (Lipinski definition) is 3. The van der Waals surface area contributed by atoms with Crippen molar-refractivity contribution in [3.8, 4) is 5.69 Å². The molecule has 0 radical (unpaired) electrons. The summed E-state index contributed by atoms with van der Waals surface area (Å²) in [6, 6.07) is 12.9. The zero-order chi connectivity index (χ0) is 19.7. The first-order valence-electron chi connectivity index (χ1n) is 8.55. The minimum atomic E-state index is -0.678. The molecule has 3 rings (SSSR count). The van der Waals surface area contributed by atoms with E-state index in [-0.39, 0.29) is 13.1 Å². The van der Waals surface area contributed by atoms with E-state index in [1.165, 1.54) is 0 Å². The Bertz CT molecular complexity index is 1180. The van der Waals surface area contributed by atoms with E-state index in [0.29, 0.717) is 16.8 Å². The maximum atomic E-state index is 13.1. The van der Waals surface area contributed by atoms with E-state index < -0.39 is 17.1 Å². The van der Waals surface area contributed by atoms with Crippen LogP contribution < -0.4 is 17.1 Å². The van der Waals surface area contributed by atoms with Gasteiger partial charge in [-0.3, -0.25) is 0 Å². The molecular weight excluding hydrogens is 342 g/mol. The molecule has 0 amide bonds. The Morgan fingerprint density at radius 2 is 1.30 bits per heavy atom. The van der Waals surface area contributed by atoms with Gasteiger partial charge in [0.2, 0.25) is 0 Å². The molecule has 0 N–H and O–H groups in total.